The molecule has 0 amide bonds. The van der Waals surface area contributed by atoms with E-state index in [4.69, 9.17) is 4.74 Å². The minimum Gasteiger partial charge on any atom is -0.376 e. The molecule has 0 aromatic heterocycles. The van der Waals surface area contributed by atoms with Gasteiger partial charge in [0.25, 0.3) is 0 Å². The summed E-state index contributed by atoms with van der Waals surface area (Å²) in [6.07, 6.45) is 2.12. The SMILES string of the molecule is Fc1ccc(Br)c(F)c1COCC1CCNCC1. The van der Waals surface area contributed by atoms with Crippen molar-refractivity contribution < 1.29 is 13.5 Å². The van der Waals surface area contributed by atoms with Crippen LogP contribution in [0.4, 0.5) is 8.78 Å². The van der Waals surface area contributed by atoms with Crippen LogP contribution in [0.15, 0.2) is 16.6 Å². The molecule has 0 radical (unpaired) electrons. The Balaban J connectivity index is 1.88. The summed E-state index contributed by atoms with van der Waals surface area (Å²) in [5.74, 6) is -0.633. The van der Waals surface area contributed by atoms with Crippen LogP contribution in [-0.4, -0.2) is 19.7 Å². The van der Waals surface area contributed by atoms with Crippen LogP contribution in [0.3, 0.4) is 0 Å². The molecule has 5 heteroatoms. The van der Waals surface area contributed by atoms with Crippen LogP contribution in [-0.2, 0) is 11.3 Å². The minimum absolute atomic E-state index is 0.00157. The summed E-state index contributed by atoms with van der Waals surface area (Å²) < 4.78 is 32.8. The highest BCUT2D eigenvalue weighted by Crippen LogP contribution is 2.22. The molecule has 0 unspecified atom stereocenters. The maximum Gasteiger partial charge on any atom is 0.145 e. The number of piperidine rings is 1. The normalized spacial score (nSPS) is 17.1. The predicted molar refractivity (Wildman–Crippen MR) is 69.3 cm³/mol. The van der Waals surface area contributed by atoms with Gasteiger partial charge < -0.3 is 10.1 Å². The van der Waals surface area contributed by atoms with Gasteiger partial charge in [0.05, 0.1) is 16.6 Å². The number of hydrogen-bond acceptors (Lipinski definition) is 2. The van der Waals surface area contributed by atoms with Crippen molar-refractivity contribution >= 4 is 15.9 Å². The predicted octanol–water partition coefficient (Wildman–Crippen LogP) is 3.24. The number of ether oxygens (including phenoxy) is 1. The summed E-state index contributed by atoms with van der Waals surface area (Å²) in [5, 5.41) is 3.27. The Kier molecular flexibility index (Phi) is 5.09. The van der Waals surface area contributed by atoms with Crippen molar-refractivity contribution in [3.8, 4) is 0 Å². The Labute approximate surface area is 114 Å². The van der Waals surface area contributed by atoms with Gasteiger partial charge >= 0.3 is 0 Å². The van der Waals surface area contributed by atoms with Crippen LogP contribution < -0.4 is 5.32 Å². The second-order valence-electron chi connectivity index (χ2n) is 4.53. The summed E-state index contributed by atoms with van der Waals surface area (Å²) in [6, 6.07) is 2.61. The van der Waals surface area contributed by atoms with Gasteiger partial charge in [-0.25, -0.2) is 8.78 Å². The van der Waals surface area contributed by atoms with E-state index >= 15 is 0 Å². The zero-order valence-electron chi connectivity index (χ0n) is 10.0. The fourth-order valence-electron chi connectivity index (χ4n) is 2.08. The minimum atomic E-state index is -0.569. The molecular formula is C13H16BrF2NO. The average molecular weight is 320 g/mol. The van der Waals surface area contributed by atoms with E-state index in [-0.39, 0.29) is 16.6 Å². The monoisotopic (exact) mass is 319 g/mol. The van der Waals surface area contributed by atoms with Crippen molar-refractivity contribution in [2.75, 3.05) is 19.7 Å². The Morgan fingerprint density at radius 1 is 1.28 bits per heavy atom. The fourth-order valence-corrected chi connectivity index (χ4v) is 2.45. The van der Waals surface area contributed by atoms with Gasteiger partial charge in [-0.05, 0) is 59.9 Å². The lowest BCUT2D eigenvalue weighted by molar-refractivity contribution is 0.0728. The molecule has 0 bridgehead atoms. The van der Waals surface area contributed by atoms with E-state index < -0.39 is 11.6 Å². The van der Waals surface area contributed by atoms with Gasteiger partial charge in [0.1, 0.15) is 11.6 Å². The van der Waals surface area contributed by atoms with Crippen LogP contribution in [0.5, 0.6) is 0 Å². The highest BCUT2D eigenvalue weighted by molar-refractivity contribution is 9.10. The first-order valence-corrected chi connectivity index (χ1v) is 6.88. The molecule has 18 heavy (non-hydrogen) atoms. The second-order valence-corrected chi connectivity index (χ2v) is 5.38. The third kappa shape index (κ3) is 3.49. The number of rotatable bonds is 4. The molecule has 0 aliphatic carbocycles. The first-order valence-electron chi connectivity index (χ1n) is 6.09. The average Bonchev–Trinajstić information content (AvgIpc) is 2.39. The van der Waals surface area contributed by atoms with Crippen LogP contribution >= 0.6 is 15.9 Å². The second kappa shape index (κ2) is 6.59. The Hall–Kier alpha value is -0.520. The van der Waals surface area contributed by atoms with Crippen molar-refractivity contribution in [2.24, 2.45) is 5.92 Å². The molecule has 100 valence electrons. The number of benzene rings is 1. The molecule has 1 aromatic carbocycles. The van der Waals surface area contributed by atoms with Gasteiger partial charge in [0, 0.05) is 6.61 Å². The van der Waals surface area contributed by atoms with Gasteiger partial charge in [0.15, 0.2) is 0 Å². The van der Waals surface area contributed by atoms with E-state index in [2.05, 4.69) is 21.2 Å². The Morgan fingerprint density at radius 2 is 2.00 bits per heavy atom. The largest absolute Gasteiger partial charge is 0.376 e. The van der Waals surface area contributed by atoms with E-state index in [0.29, 0.717) is 12.5 Å². The van der Waals surface area contributed by atoms with Crippen molar-refractivity contribution in [3.05, 3.63) is 33.8 Å². The summed E-state index contributed by atoms with van der Waals surface area (Å²) in [7, 11) is 0. The molecule has 0 spiro atoms. The molecule has 2 rings (SSSR count). The van der Waals surface area contributed by atoms with Crippen LogP contribution in [0.1, 0.15) is 18.4 Å². The lowest BCUT2D eigenvalue weighted by Crippen LogP contribution is -2.29. The standard InChI is InChI=1S/C13H16BrF2NO/c14-11-1-2-12(15)10(13(11)16)8-18-7-9-3-5-17-6-4-9/h1-2,9,17H,3-8H2. The fraction of sp³-hybridized carbons (Fsp3) is 0.538. The lowest BCUT2D eigenvalue weighted by Gasteiger charge is -2.22. The molecule has 1 aliphatic heterocycles. The third-order valence-electron chi connectivity index (χ3n) is 3.20. The first kappa shape index (κ1) is 13.9. The zero-order valence-corrected chi connectivity index (χ0v) is 11.6. The van der Waals surface area contributed by atoms with E-state index in [1.807, 2.05) is 0 Å². The van der Waals surface area contributed by atoms with Crippen LogP contribution in [0.2, 0.25) is 0 Å². The number of halogens is 3. The number of hydrogen-bond donors (Lipinski definition) is 1. The molecule has 1 heterocycles. The van der Waals surface area contributed by atoms with E-state index in [9.17, 15) is 8.78 Å². The first-order chi connectivity index (χ1) is 8.68. The molecule has 1 aromatic rings. The smallest absolute Gasteiger partial charge is 0.145 e. The molecule has 0 atom stereocenters. The van der Waals surface area contributed by atoms with Crippen molar-refractivity contribution in [3.63, 3.8) is 0 Å². The third-order valence-corrected chi connectivity index (χ3v) is 3.81. The van der Waals surface area contributed by atoms with Crippen LogP contribution in [0.25, 0.3) is 0 Å². The molecule has 1 N–H and O–H groups in total. The van der Waals surface area contributed by atoms with Crippen molar-refractivity contribution in [1.29, 1.82) is 0 Å². The molecular weight excluding hydrogens is 304 g/mol. The van der Waals surface area contributed by atoms with E-state index in [1.54, 1.807) is 0 Å². The maximum atomic E-state index is 13.7. The van der Waals surface area contributed by atoms with Gasteiger partial charge in [-0.2, -0.15) is 0 Å². The summed E-state index contributed by atoms with van der Waals surface area (Å²) >= 11 is 3.04. The lowest BCUT2D eigenvalue weighted by atomic mass is 9.99. The summed E-state index contributed by atoms with van der Waals surface area (Å²) in [5.41, 5.74) is -0.00157. The maximum absolute atomic E-state index is 13.7. The number of nitrogens with one attached hydrogen (secondary N) is 1. The van der Waals surface area contributed by atoms with Crippen molar-refractivity contribution in [2.45, 2.75) is 19.4 Å². The van der Waals surface area contributed by atoms with Crippen LogP contribution in [0, 0.1) is 17.6 Å². The van der Waals surface area contributed by atoms with Crippen molar-refractivity contribution in [1.82, 2.24) is 5.32 Å². The van der Waals surface area contributed by atoms with Gasteiger partial charge in [-0.1, -0.05) is 0 Å². The highest BCUT2D eigenvalue weighted by atomic mass is 79.9. The summed E-state index contributed by atoms with van der Waals surface area (Å²) in [6.45, 7) is 2.54. The van der Waals surface area contributed by atoms with E-state index in [1.165, 1.54) is 12.1 Å². The summed E-state index contributed by atoms with van der Waals surface area (Å²) in [4.78, 5) is 0. The molecule has 2 nitrogen and oxygen atoms in total. The molecule has 0 saturated carbocycles. The highest BCUT2D eigenvalue weighted by Gasteiger charge is 2.15. The quantitative estimate of drug-likeness (QED) is 0.860. The van der Waals surface area contributed by atoms with Gasteiger partial charge in [-0.15, -0.1) is 0 Å². The van der Waals surface area contributed by atoms with Gasteiger partial charge in [0.2, 0.25) is 0 Å². The van der Waals surface area contributed by atoms with E-state index in [0.717, 1.165) is 25.9 Å². The topological polar surface area (TPSA) is 21.3 Å². The van der Waals surface area contributed by atoms with Gasteiger partial charge in [-0.3, -0.25) is 0 Å². The molecule has 1 aliphatic rings. The Morgan fingerprint density at radius 3 is 2.72 bits per heavy atom. The Bertz CT molecular complexity index is 408. The molecule has 1 saturated heterocycles. The molecule has 1 fully saturated rings. The zero-order chi connectivity index (χ0) is 13.0.